The molecule has 0 aliphatic carbocycles. The molecule has 7 nitrogen and oxygen atoms in total. The molecule has 0 bridgehead atoms. The van der Waals surface area contributed by atoms with Gasteiger partial charge in [0.25, 0.3) is 0 Å². The number of hydrogen-bond acceptors (Lipinski definition) is 5. The fourth-order valence-electron chi connectivity index (χ4n) is 5.06. The molecule has 0 heterocycles. The number of rotatable bonds is 29. The van der Waals surface area contributed by atoms with Crippen LogP contribution in [0.3, 0.4) is 0 Å². The Morgan fingerprint density at radius 3 is 1.91 bits per heavy atom. The number of phosphoric ester groups is 1. The molecule has 0 spiro atoms. The number of carbonyl (C=O) groups excluding carboxylic acids is 1. The molecule has 8 heteroatoms. The van der Waals surface area contributed by atoms with E-state index >= 15 is 0 Å². The molecule has 2 unspecified atom stereocenters. The van der Waals surface area contributed by atoms with E-state index in [-0.39, 0.29) is 24.9 Å². The first-order chi connectivity index (χ1) is 20.6. The van der Waals surface area contributed by atoms with Gasteiger partial charge in [0, 0.05) is 12.8 Å². The van der Waals surface area contributed by atoms with E-state index in [9.17, 15) is 14.3 Å². The van der Waals surface area contributed by atoms with Crippen LogP contribution in [0.1, 0.15) is 129 Å². The van der Waals surface area contributed by atoms with Crippen molar-refractivity contribution in [1.29, 1.82) is 0 Å². The number of carbonyl (C=O) groups is 1. The zero-order valence-corrected chi connectivity index (χ0v) is 29.2. The third-order valence-corrected chi connectivity index (χ3v) is 9.35. The van der Waals surface area contributed by atoms with Crippen LogP contribution in [0.2, 0.25) is 0 Å². The maximum atomic E-state index is 12.5. The second-order valence-electron chi connectivity index (χ2n) is 12.8. The van der Waals surface area contributed by atoms with E-state index in [1.807, 2.05) is 31.2 Å². The zero-order chi connectivity index (χ0) is 31.8. The number of unbranched alkanes of at least 4 members (excludes halogenated alkanes) is 12. The predicted octanol–water partition coefficient (Wildman–Crippen LogP) is 9.30. The Bertz CT molecular complexity index is 876. The fraction of sp³-hybridized carbons (Fsp3) is 0.800. The minimum absolute atomic E-state index is 0.00349. The Morgan fingerprint density at radius 2 is 1.35 bits per heavy atom. The lowest BCUT2D eigenvalue weighted by molar-refractivity contribution is -0.888. The molecule has 0 aliphatic heterocycles. The van der Waals surface area contributed by atoms with Gasteiger partial charge in [0.2, 0.25) is 0 Å². The molecule has 0 aromatic heterocycles. The van der Waals surface area contributed by atoms with Crippen LogP contribution < -0.4 is 4.74 Å². The van der Waals surface area contributed by atoms with Gasteiger partial charge in [-0.2, -0.15) is 0 Å². The maximum absolute atomic E-state index is 12.5. The lowest BCUT2D eigenvalue weighted by atomic mass is 9.94. The van der Waals surface area contributed by atoms with Gasteiger partial charge in [-0.1, -0.05) is 96.6 Å². The van der Waals surface area contributed by atoms with E-state index in [0.717, 1.165) is 48.3 Å². The van der Waals surface area contributed by atoms with Gasteiger partial charge in [0.1, 0.15) is 11.5 Å². The van der Waals surface area contributed by atoms with Crippen molar-refractivity contribution in [2.45, 2.75) is 130 Å². The third kappa shape index (κ3) is 22.0. The van der Waals surface area contributed by atoms with Crippen LogP contribution in [-0.4, -0.2) is 62.2 Å². The minimum Gasteiger partial charge on any atom is -0.494 e. The Hall–Kier alpha value is -1.24. The van der Waals surface area contributed by atoms with Crippen molar-refractivity contribution in [3.8, 4) is 5.75 Å². The van der Waals surface area contributed by atoms with E-state index in [2.05, 4.69) is 27.9 Å². The molecule has 0 saturated carbocycles. The average Bonchev–Trinajstić information content (AvgIpc) is 2.98. The van der Waals surface area contributed by atoms with Crippen molar-refractivity contribution < 1.29 is 32.5 Å². The van der Waals surface area contributed by atoms with Crippen LogP contribution in [-0.2, 0) is 24.8 Å². The Labute approximate surface area is 264 Å². The Morgan fingerprint density at radius 1 is 0.791 bits per heavy atom. The number of quaternary nitrogens is 1. The summed E-state index contributed by atoms with van der Waals surface area (Å²) in [5.41, 5.74) is 1.04. The molecule has 1 aromatic carbocycles. The van der Waals surface area contributed by atoms with Crippen LogP contribution in [0.4, 0.5) is 0 Å². The highest BCUT2D eigenvalue weighted by Crippen LogP contribution is 2.44. The molecule has 250 valence electrons. The molecule has 43 heavy (non-hydrogen) atoms. The average molecular weight is 627 g/mol. The second-order valence-corrected chi connectivity index (χ2v) is 14.3. The molecule has 0 saturated heterocycles. The smallest absolute Gasteiger partial charge is 0.472 e. The highest BCUT2D eigenvalue weighted by atomic mass is 31.2. The maximum Gasteiger partial charge on any atom is 0.472 e. The number of Topliss-reactive ketones (excluding diaryl/α,β-unsaturated/α-hetero) is 1. The topological polar surface area (TPSA) is 82.1 Å². The van der Waals surface area contributed by atoms with Gasteiger partial charge >= 0.3 is 7.82 Å². The highest BCUT2D eigenvalue weighted by Gasteiger charge is 2.24. The molecule has 2 atom stereocenters. The van der Waals surface area contributed by atoms with Gasteiger partial charge in [-0.05, 0) is 56.2 Å². The number of nitrogens with zero attached hydrogens (tertiary/aromatic N) is 1. The van der Waals surface area contributed by atoms with Gasteiger partial charge in [-0.25, -0.2) is 4.57 Å². The molecule has 1 rings (SSSR count). The number of phosphoric acid groups is 1. The van der Waals surface area contributed by atoms with Crippen LogP contribution in [0.5, 0.6) is 5.75 Å². The number of hydrogen-bond donors (Lipinski definition) is 1. The first kappa shape index (κ1) is 39.8. The largest absolute Gasteiger partial charge is 0.494 e. The summed E-state index contributed by atoms with van der Waals surface area (Å²) in [6, 6.07) is 7.95. The van der Waals surface area contributed by atoms with Crippen molar-refractivity contribution >= 4 is 13.6 Å². The van der Waals surface area contributed by atoms with Crippen LogP contribution in [0.15, 0.2) is 24.3 Å². The zero-order valence-electron chi connectivity index (χ0n) is 28.3. The molecule has 1 N–H and O–H groups in total. The quantitative estimate of drug-likeness (QED) is 0.0542. The van der Waals surface area contributed by atoms with Gasteiger partial charge in [-0.3, -0.25) is 13.8 Å². The SMILES string of the molecule is CCCCCCCCCCCCCCOc1ccc(CC(COP(=O)(O)OCCCC[N+](C)(C)CC)CC(=O)CC)cc1. The molecule has 0 amide bonds. The summed E-state index contributed by atoms with van der Waals surface area (Å²) in [6.07, 6.45) is 18.8. The predicted molar refractivity (Wildman–Crippen MR) is 179 cm³/mol. The van der Waals surface area contributed by atoms with Crippen LogP contribution in [0.25, 0.3) is 0 Å². The van der Waals surface area contributed by atoms with Gasteiger partial charge < -0.3 is 14.1 Å². The molecule has 0 fully saturated rings. The van der Waals surface area contributed by atoms with Crippen molar-refractivity contribution in [2.24, 2.45) is 5.92 Å². The summed E-state index contributed by atoms with van der Waals surface area (Å²) in [6.45, 7) is 9.17. The summed E-state index contributed by atoms with van der Waals surface area (Å²) in [7, 11) is 0.164. The monoisotopic (exact) mass is 626 g/mol. The van der Waals surface area contributed by atoms with Crippen LogP contribution >= 0.6 is 7.82 Å². The molecule has 1 aromatic rings. The van der Waals surface area contributed by atoms with E-state index in [0.29, 0.717) is 25.7 Å². The number of ether oxygens (including phenoxy) is 1. The first-order valence-corrected chi connectivity index (χ1v) is 18.8. The molecular formula is C35H65NO6P+. The lowest BCUT2D eigenvalue weighted by Crippen LogP contribution is -2.39. The molecule has 0 radical (unpaired) electrons. The first-order valence-electron chi connectivity index (χ1n) is 17.3. The van der Waals surface area contributed by atoms with Gasteiger partial charge in [0.15, 0.2) is 0 Å². The molecular weight excluding hydrogens is 561 g/mol. The van der Waals surface area contributed by atoms with Crippen molar-refractivity contribution in [1.82, 2.24) is 0 Å². The third-order valence-electron chi connectivity index (χ3n) is 8.37. The van der Waals surface area contributed by atoms with E-state index in [1.165, 1.54) is 70.6 Å². The summed E-state index contributed by atoms with van der Waals surface area (Å²) in [5, 5.41) is 0. The van der Waals surface area contributed by atoms with E-state index in [4.69, 9.17) is 13.8 Å². The number of ketones is 1. The van der Waals surface area contributed by atoms with E-state index < -0.39 is 7.82 Å². The lowest BCUT2D eigenvalue weighted by Gasteiger charge is -2.28. The second kappa shape index (κ2) is 24.1. The normalized spacial score (nSPS) is 14.0. The number of benzene rings is 1. The standard InChI is InChI=1S/C35H64NO6P/c1-6-9-10-11-12-13-14-15-16-17-18-20-27-40-35-24-22-32(23-25-35)29-33(30-34(37)7-2)31-42-43(38,39)41-28-21-19-26-36(4,5)8-3/h22-25,33H,6-21,26-31H2,1-5H3/p+1. The van der Waals surface area contributed by atoms with E-state index in [1.54, 1.807) is 0 Å². The van der Waals surface area contributed by atoms with Crippen molar-refractivity contribution in [3.63, 3.8) is 0 Å². The Kier molecular flexibility index (Phi) is 22.3. The van der Waals surface area contributed by atoms with Crippen molar-refractivity contribution in [2.75, 3.05) is 47.0 Å². The molecule has 0 aliphatic rings. The highest BCUT2D eigenvalue weighted by molar-refractivity contribution is 7.47. The Balaban J connectivity index is 2.33. The van der Waals surface area contributed by atoms with Crippen LogP contribution in [0, 0.1) is 5.92 Å². The summed E-state index contributed by atoms with van der Waals surface area (Å²) >= 11 is 0. The fourth-order valence-corrected chi connectivity index (χ4v) is 5.89. The van der Waals surface area contributed by atoms with Gasteiger partial charge in [0.05, 0.1) is 47.0 Å². The summed E-state index contributed by atoms with van der Waals surface area (Å²) in [5.74, 6) is 0.756. The van der Waals surface area contributed by atoms with Gasteiger partial charge in [-0.15, -0.1) is 0 Å². The summed E-state index contributed by atoms with van der Waals surface area (Å²) in [4.78, 5) is 22.4. The summed E-state index contributed by atoms with van der Waals surface area (Å²) < 4.78 is 29.9. The van der Waals surface area contributed by atoms with Crippen molar-refractivity contribution in [3.05, 3.63) is 29.8 Å². The minimum atomic E-state index is -4.17.